The first-order chi connectivity index (χ1) is 11.4. The van der Waals surface area contributed by atoms with E-state index in [0.717, 1.165) is 6.07 Å². The van der Waals surface area contributed by atoms with Crippen molar-refractivity contribution in [3.8, 4) is 0 Å². The Bertz CT molecular complexity index is 818. The molecule has 1 unspecified atom stereocenters. The summed E-state index contributed by atoms with van der Waals surface area (Å²) in [4.78, 5) is 16.1. The zero-order valence-corrected chi connectivity index (χ0v) is 12.0. The SMILES string of the molecule is O=C(O)c1cccc(C2=NOC(c3ccccc3C(F)(F)F)N2)c1. The number of halogens is 3. The van der Waals surface area contributed by atoms with E-state index in [1.165, 1.54) is 36.4 Å². The van der Waals surface area contributed by atoms with E-state index in [9.17, 15) is 18.0 Å². The monoisotopic (exact) mass is 336 g/mol. The number of hydrogen-bond donors (Lipinski definition) is 2. The fraction of sp³-hybridized carbons (Fsp3) is 0.125. The summed E-state index contributed by atoms with van der Waals surface area (Å²) in [5, 5.41) is 15.5. The van der Waals surface area contributed by atoms with Gasteiger partial charge in [-0.25, -0.2) is 4.79 Å². The number of benzene rings is 2. The van der Waals surface area contributed by atoms with Gasteiger partial charge >= 0.3 is 12.1 Å². The van der Waals surface area contributed by atoms with Crippen LogP contribution in [0.1, 0.15) is 33.3 Å². The van der Waals surface area contributed by atoms with Gasteiger partial charge in [0.1, 0.15) is 0 Å². The van der Waals surface area contributed by atoms with Crippen LogP contribution in [0, 0.1) is 0 Å². The Hall–Kier alpha value is -3.03. The third-order valence-electron chi connectivity index (χ3n) is 3.45. The van der Waals surface area contributed by atoms with Crippen molar-refractivity contribution >= 4 is 11.8 Å². The lowest BCUT2D eigenvalue weighted by Crippen LogP contribution is -2.25. The van der Waals surface area contributed by atoms with Gasteiger partial charge in [-0.3, -0.25) is 0 Å². The number of hydrogen-bond acceptors (Lipinski definition) is 4. The second-order valence-corrected chi connectivity index (χ2v) is 5.04. The van der Waals surface area contributed by atoms with E-state index in [4.69, 9.17) is 9.94 Å². The molecule has 124 valence electrons. The van der Waals surface area contributed by atoms with Crippen molar-refractivity contribution < 1.29 is 27.9 Å². The Morgan fingerprint density at radius 2 is 1.92 bits per heavy atom. The predicted molar refractivity (Wildman–Crippen MR) is 78.3 cm³/mol. The summed E-state index contributed by atoms with van der Waals surface area (Å²) in [6, 6.07) is 10.9. The number of nitrogens with zero attached hydrogens (tertiary/aromatic N) is 1. The van der Waals surface area contributed by atoms with Crippen LogP contribution in [0.4, 0.5) is 13.2 Å². The van der Waals surface area contributed by atoms with Gasteiger partial charge < -0.3 is 15.3 Å². The van der Waals surface area contributed by atoms with Crippen LogP contribution >= 0.6 is 0 Å². The first-order valence-corrected chi connectivity index (χ1v) is 6.86. The molecule has 0 saturated heterocycles. The standard InChI is InChI=1S/C16H11F3N2O3/c17-16(18,19)12-7-2-1-6-11(12)14-20-13(21-24-14)9-4-3-5-10(8-9)15(22)23/h1-8,14H,(H,20,21)(H,22,23). The molecular weight excluding hydrogens is 325 g/mol. The summed E-state index contributed by atoms with van der Waals surface area (Å²) in [5.41, 5.74) is -0.477. The summed E-state index contributed by atoms with van der Waals surface area (Å²) < 4.78 is 39.2. The van der Waals surface area contributed by atoms with E-state index in [1.807, 2.05) is 0 Å². The molecule has 24 heavy (non-hydrogen) atoms. The normalized spacial score (nSPS) is 17.0. The van der Waals surface area contributed by atoms with Crippen LogP contribution in [0.3, 0.4) is 0 Å². The highest BCUT2D eigenvalue weighted by Gasteiger charge is 2.37. The van der Waals surface area contributed by atoms with Crippen molar-refractivity contribution in [2.75, 3.05) is 0 Å². The zero-order chi connectivity index (χ0) is 17.3. The number of carbonyl (C=O) groups is 1. The van der Waals surface area contributed by atoms with E-state index in [-0.39, 0.29) is 17.0 Å². The van der Waals surface area contributed by atoms with Gasteiger partial charge in [0.05, 0.1) is 11.1 Å². The van der Waals surface area contributed by atoms with Crippen molar-refractivity contribution in [1.82, 2.24) is 5.32 Å². The van der Waals surface area contributed by atoms with E-state index < -0.39 is 23.9 Å². The summed E-state index contributed by atoms with van der Waals surface area (Å²) in [7, 11) is 0. The topological polar surface area (TPSA) is 70.9 Å². The van der Waals surface area contributed by atoms with Crippen LogP contribution in [0.2, 0.25) is 0 Å². The van der Waals surface area contributed by atoms with Gasteiger partial charge in [0, 0.05) is 11.1 Å². The molecule has 1 heterocycles. The highest BCUT2D eigenvalue weighted by molar-refractivity contribution is 6.01. The lowest BCUT2D eigenvalue weighted by atomic mass is 10.1. The molecular formula is C16H11F3N2O3. The van der Waals surface area contributed by atoms with E-state index >= 15 is 0 Å². The number of amidine groups is 1. The van der Waals surface area contributed by atoms with Crippen molar-refractivity contribution in [3.05, 3.63) is 70.8 Å². The predicted octanol–water partition coefficient (Wildman–Crippen LogP) is 3.38. The molecule has 8 heteroatoms. The van der Waals surface area contributed by atoms with Gasteiger partial charge in [0.25, 0.3) is 0 Å². The Morgan fingerprint density at radius 3 is 2.62 bits per heavy atom. The molecule has 1 aliphatic rings. The van der Waals surface area contributed by atoms with E-state index in [1.54, 1.807) is 6.07 Å². The molecule has 5 nitrogen and oxygen atoms in total. The van der Waals surface area contributed by atoms with Crippen LogP contribution in [-0.2, 0) is 11.0 Å². The average Bonchev–Trinajstić information content (AvgIpc) is 3.04. The van der Waals surface area contributed by atoms with Gasteiger partial charge in [-0.05, 0) is 18.2 Å². The highest BCUT2D eigenvalue weighted by atomic mass is 19.4. The third-order valence-corrected chi connectivity index (χ3v) is 3.45. The van der Waals surface area contributed by atoms with E-state index in [2.05, 4.69) is 10.5 Å². The van der Waals surface area contributed by atoms with Crippen LogP contribution in [0.5, 0.6) is 0 Å². The maximum Gasteiger partial charge on any atom is 0.416 e. The minimum absolute atomic E-state index is 0.0381. The first-order valence-electron chi connectivity index (χ1n) is 6.86. The molecule has 0 amide bonds. The lowest BCUT2D eigenvalue weighted by Gasteiger charge is -2.16. The fourth-order valence-electron chi connectivity index (χ4n) is 2.34. The van der Waals surface area contributed by atoms with Crippen LogP contribution in [-0.4, -0.2) is 16.9 Å². The molecule has 2 aromatic rings. The number of carboxylic acids is 1. The molecule has 3 rings (SSSR count). The Kier molecular flexibility index (Phi) is 3.88. The van der Waals surface area contributed by atoms with Crippen molar-refractivity contribution in [2.24, 2.45) is 5.16 Å². The molecule has 1 aliphatic heterocycles. The second kappa shape index (κ2) is 5.88. The molecule has 2 aromatic carbocycles. The Balaban J connectivity index is 1.86. The number of aromatic carboxylic acids is 1. The largest absolute Gasteiger partial charge is 0.478 e. The number of oxime groups is 1. The number of nitrogens with one attached hydrogen (secondary N) is 1. The van der Waals surface area contributed by atoms with Gasteiger partial charge in [0.2, 0.25) is 6.23 Å². The second-order valence-electron chi connectivity index (χ2n) is 5.04. The van der Waals surface area contributed by atoms with Crippen molar-refractivity contribution in [1.29, 1.82) is 0 Å². The van der Waals surface area contributed by atoms with Gasteiger partial charge in [-0.15, -0.1) is 0 Å². The lowest BCUT2D eigenvalue weighted by molar-refractivity contribution is -0.139. The summed E-state index contributed by atoms with van der Waals surface area (Å²) in [5.74, 6) is -0.949. The molecule has 0 bridgehead atoms. The van der Waals surface area contributed by atoms with Crippen LogP contribution in [0.25, 0.3) is 0 Å². The smallest absolute Gasteiger partial charge is 0.416 e. The highest BCUT2D eigenvalue weighted by Crippen LogP contribution is 2.35. The summed E-state index contributed by atoms with van der Waals surface area (Å²) in [6.07, 6.45) is -5.63. The van der Waals surface area contributed by atoms with Crippen LogP contribution < -0.4 is 5.32 Å². The Labute approximate surface area is 134 Å². The minimum Gasteiger partial charge on any atom is -0.478 e. The molecule has 2 N–H and O–H groups in total. The van der Waals surface area contributed by atoms with Gasteiger partial charge in [-0.1, -0.05) is 35.5 Å². The molecule has 0 spiro atoms. The minimum atomic E-state index is -4.52. The molecule has 0 fully saturated rings. The molecule has 0 saturated carbocycles. The van der Waals surface area contributed by atoms with Gasteiger partial charge in [-0.2, -0.15) is 13.2 Å². The summed E-state index contributed by atoms with van der Waals surface area (Å²) in [6.45, 7) is 0. The molecule has 1 atom stereocenters. The zero-order valence-electron chi connectivity index (χ0n) is 12.0. The van der Waals surface area contributed by atoms with Crippen molar-refractivity contribution in [3.63, 3.8) is 0 Å². The van der Waals surface area contributed by atoms with E-state index in [0.29, 0.717) is 5.56 Å². The van der Waals surface area contributed by atoms with Crippen LogP contribution in [0.15, 0.2) is 53.7 Å². The number of carboxylic acid groups (broad SMARTS) is 1. The van der Waals surface area contributed by atoms with Crippen molar-refractivity contribution in [2.45, 2.75) is 12.4 Å². The number of alkyl halides is 3. The maximum atomic E-state index is 13.1. The Morgan fingerprint density at radius 1 is 1.17 bits per heavy atom. The molecule has 0 aliphatic carbocycles. The fourth-order valence-corrected chi connectivity index (χ4v) is 2.34. The van der Waals surface area contributed by atoms with Gasteiger partial charge in [0.15, 0.2) is 5.84 Å². The molecule has 0 radical (unpaired) electrons. The first kappa shape index (κ1) is 15.9. The maximum absolute atomic E-state index is 13.1. The molecule has 0 aromatic heterocycles. The quantitative estimate of drug-likeness (QED) is 0.901. The third kappa shape index (κ3) is 3.03. The number of rotatable bonds is 3. The average molecular weight is 336 g/mol. The summed E-state index contributed by atoms with van der Waals surface area (Å²) >= 11 is 0.